The van der Waals surface area contributed by atoms with E-state index in [0.717, 1.165) is 0 Å². The second-order valence-corrected chi connectivity index (χ2v) is 5.85. The summed E-state index contributed by atoms with van der Waals surface area (Å²) in [7, 11) is 0. The second kappa shape index (κ2) is 6.70. The quantitative estimate of drug-likeness (QED) is 0.573. The van der Waals surface area contributed by atoms with Crippen LogP contribution in [0.1, 0.15) is 21.5 Å². The predicted molar refractivity (Wildman–Crippen MR) is 86.4 cm³/mol. The SMILES string of the molecule is O=C(O)c1cccc(-c2cc(-c3cc(C(F)(F)F)cc(C(F)(F)F)c3)n[nH]2)c1. The van der Waals surface area contributed by atoms with Gasteiger partial charge in [0, 0.05) is 11.1 Å². The summed E-state index contributed by atoms with van der Waals surface area (Å²) in [5.41, 5.74) is -2.85. The highest BCUT2D eigenvalue weighted by molar-refractivity contribution is 5.89. The smallest absolute Gasteiger partial charge is 0.416 e. The molecule has 0 aliphatic heterocycles. The number of carboxylic acid groups (broad SMARTS) is 1. The fourth-order valence-corrected chi connectivity index (χ4v) is 2.54. The van der Waals surface area contributed by atoms with E-state index in [1.165, 1.54) is 30.3 Å². The van der Waals surface area contributed by atoms with E-state index in [2.05, 4.69) is 10.2 Å². The summed E-state index contributed by atoms with van der Waals surface area (Å²) in [5.74, 6) is -1.19. The minimum atomic E-state index is -4.97. The Labute approximate surface area is 153 Å². The molecule has 0 amide bonds. The van der Waals surface area contributed by atoms with Crippen LogP contribution in [0.5, 0.6) is 0 Å². The van der Waals surface area contributed by atoms with Crippen molar-refractivity contribution < 1.29 is 36.2 Å². The minimum Gasteiger partial charge on any atom is -0.478 e. The van der Waals surface area contributed by atoms with E-state index in [1.807, 2.05) is 0 Å². The van der Waals surface area contributed by atoms with E-state index in [0.29, 0.717) is 17.7 Å². The van der Waals surface area contributed by atoms with Crippen LogP contribution in [0.4, 0.5) is 26.3 Å². The molecule has 0 aliphatic rings. The van der Waals surface area contributed by atoms with Gasteiger partial charge < -0.3 is 5.11 Å². The van der Waals surface area contributed by atoms with Crippen molar-refractivity contribution in [2.75, 3.05) is 0 Å². The summed E-state index contributed by atoms with van der Waals surface area (Å²) in [4.78, 5) is 11.0. The monoisotopic (exact) mass is 400 g/mol. The van der Waals surface area contributed by atoms with E-state index >= 15 is 0 Å². The van der Waals surface area contributed by atoms with E-state index < -0.39 is 29.4 Å². The fourth-order valence-electron chi connectivity index (χ4n) is 2.54. The van der Waals surface area contributed by atoms with E-state index in [1.54, 1.807) is 0 Å². The third-order valence-electron chi connectivity index (χ3n) is 3.88. The van der Waals surface area contributed by atoms with Crippen LogP contribution in [0.3, 0.4) is 0 Å². The van der Waals surface area contributed by atoms with Gasteiger partial charge in [0.05, 0.1) is 28.1 Å². The summed E-state index contributed by atoms with van der Waals surface area (Å²) >= 11 is 0. The zero-order valence-electron chi connectivity index (χ0n) is 13.7. The number of carboxylic acids is 1. The van der Waals surface area contributed by atoms with Crippen molar-refractivity contribution in [2.45, 2.75) is 12.4 Å². The van der Waals surface area contributed by atoms with Crippen molar-refractivity contribution in [3.63, 3.8) is 0 Å². The van der Waals surface area contributed by atoms with Gasteiger partial charge >= 0.3 is 18.3 Å². The first kappa shape index (κ1) is 19.5. The van der Waals surface area contributed by atoms with Crippen LogP contribution in [0.25, 0.3) is 22.5 Å². The van der Waals surface area contributed by atoms with E-state index in [9.17, 15) is 31.1 Å². The van der Waals surface area contributed by atoms with Gasteiger partial charge in [-0.1, -0.05) is 12.1 Å². The maximum atomic E-state index is 13.0. The van der Waals surface area contributed by atoms with Crippen LogP contribution >= 0.6 is 0 Å². The molecule has 0 atom stereocenters. The number of carbonyl (C=O) groups is 1. The zero-order chi connectivity index (χ0) is 20.7. The van der Waals surface area contributed by atoms with Gasteiger partial charge in [0.1, 0.15) is 0 Å². The van der Waals surface area contributed by atoms with Crippen molar-refractivity contribution in [3.8, 4) is 22.5 Å². The highest BCUT2D eigenvalue weighted by Gasteiger charge is 2.37. The molecule has 0 saturated heterocycles. The lowest BCUT2D eigenvalue weighted by Gasteiger charge is -2.13. The van der Waals surface area contributed by atoms with Gasteiger partial charge in [-0.2, -0.15) is 31.4 Å². The van der Waals surface area contributed by atoms with Crippen LogP contribution in [-0.4, -0.2) is 21.3 Å². The van der Waals surface area contributed by atoms with Crippen LogP contribution in [0, 0.1) is 0 Å². The molecule has 28 heavy (non-hydrogen) atoms. The standard InChI is InChI=1S/C18H10F6N2O2/c19-17(20,21)12-5-11(6-13(7-12)18(22,23)24)15-8-14(25-26-15)9-2-1-3-10(4-9)16(27)28/h1-8H,(H,25,26)(H,27,28). The Bertz CT molecular complexity index is 1000. The molecule has 0 saturated carbocycles. The van der Waals surface area contributed by atoms with Crippen LogP contribution in [0.2, 0.25) is 0 Å². The first-order valence-corrected chi connectivity index (χ1v) is 7.64. The number of aromatic amines is 1. The van der Waals surface area contributed by atoms with Gasteiger partial charge in [0.15, 0.2) is 0 Å². The Morgan fingerprint density at radius 3 is 2.00 bits per heavy atom. The fraction of sp³-hybridized carbons (Fsp3) is 0.111. The molecule has 1 aromatic heterocycles. The molecule has 4 nitrogen and oxygen atoms in total. The normalized spacial score (nSPS) is 12.2. The van der Waals surface area contributed by atoms with E-state index in [-0.39, 0.29) is 28.6 Å². The third-order valence-corrected chi connectivity index (χ3v) is 3.88. The van der Waals surface area contributed by atoms with Gasteiger partial charge in [0.25, 0.3) is 0 Å². The number of halogens is 6. The van der Waals surface area contributed by atoms with Crippen molar-refractivity contribution in [1.29, 1.82) is 0 Å². The number of nitrogens with one attached hydrogen (secondary N) is 1. The summed E-state index contributed by atoms with van der Waals surface area (Å²) in [5, 5.41) is 15.3. The topological polar surface area (TPSA) is 66.0 Å². The summed E-state index contributed by atoms with van der Waals surface area (Å²) in [6.07, 6.45) is -9.93. The average Bonchev–Trinajstić information content (AvgIpc) is 3.10. The molecule has 0 unspecified atom stereocenters. The highest BCUT2D eigenvalue weighted by Crippen LogP contribution is 2.38. The molecule has 0 fully saturated rings. The highest BCUT2D eigenvalue weighted by atomic mass is 19.4. The number of alkyl halides is 6. The van der Waals surface area contributed by atoms with Gasteiger partial charge in [-0.25, -0.2) is 4.79 Å². The number of rotatable bonds is 3. The number of benzene rings is 2. The molecular formula is C18H10F6N2O2. The second-order valence-electron chi connectivity index (χ2n) is 5.85. The van der Waals surface area contributed by atoms with Gasteiger partial charge in [-0.05, 0) is 36.4 Å². The minimum absolute atomic E-state index is 0.0351. The van der Waals surface area contributed by atoms with Crippen LogP contribution in [-0.2, 0) is 12.4 Å². The largest absolute Gasteiger partial charge is 0.478 e. The Kier molecular flexibility index (Phi) is 4.66. The Morgan fingerprint density at radius 1 is 0.857 bits per heavy atom. The summed E-state index contributed by atoms with van der Waals surface area (Å²) in [6, 6.07) is 8.04. The number of nitrogens with zero attached hydrogens (tertiary/aromatic N) is 1. The molecule has 1 heterocycles. The van der Waals surface area contributed by atoms with Crippen molar-refractivity contribution >= 4 is 5.97 Å². The number of aromatic carboxylic acids is 1. The van der Waals surface area contributed by atoms with E-state index in [4.69, 9.17) is 5.11 Å². The molecule has 0 aliphatic carbocycles. The lowest BCUT2D eigenvalue weighted by atomic mass is 10.0. The number of hydrogen-bond acceptors (Lipinski definition) is 2. The first-order valence-electron chi connectivity index (χ1n) is 7.64. The average molecular weight is 400 g/mol. The molecular weight excluding hydrogens is 390 g/mol. The Morgan fingerprint density at radius 2 is 1.46 bits per heavy atom. The number of aromatic nitrogens is 2. The first-order chi connectivity index (χ1) is 12.9. The molecule has 10 heteroatoms. The molecule has 2 aromatic carbocycles. The van der Waals surface area contributed by atoms with Crippen molar-refractivity contribution in [3.05, 3.63) is 65.2 Å². The molecule has 2 N–H and O–H groups in total. The molecule has 0 radical (unpaired) electrons. The third kappa shape index (κ3) is 4.00. The maximum Gasteiger partial charge on any atom is 0.416 e. The van der Waals surface area contributed by atoms with Crippen molar-refractivity contribution in [2.24, 2.45) is 0 Å². The predicted octanol–water partition coefficient (Wildman–Crippen LogP) is 5.48. The molecule has 0 spiro atoms. The Hall–Kier alpha value is -3.30. The van der Waals surface area contributed by atoms with Crippen molar-refractivity contribution in [1.82, 2.24) is 10.2 Å². The van der Waals surface area contributed by atoms with Gasteiger partial charge in [-0.15, -0.1) is 0 Å². The molecule has 146 valence electrons. The van der Waals surface area contributed by atoms with Gasteiger partial charge in [-0.3, -0.25) is 5.10 Å². The Balaban J connectivity index is 2.08. The van der Waals surface area contributed by atoms with Crippen LogP contribution < -0.4 is 0 Å². The van der Waals surface area contributed by atoms with Crippen LogP contribution in [0.15, 0.2) is 48.5 Å². The summed E-state index contributed by atoms with van der Waals surface area (Å²) < 4.78 is 77.9. The molecule has 0 bridgehead atoms. The lowest BCUT2D eigenvalue weighted by molar-refractivity contribution is -0.143. The molecule has 3 aromatic rings. The molecule has 3 rings (SSSR count). The zero-order valence-corrected chi connectivity index (χ0v) is 13.7. The lowest BCUT2D eigenvalue weighted by Crippen LogP contribution is -2.11. The van der Waals surface area contributed by atoms with Gasteiger partial charge in [0.2, 0.25) is 0 Å². The summed E-state index contributed by atoms with van der Waals surface area (Å²) in [6.45, 7) is 0. The number of hydrogen-bond donors (Lipinski definition) is 2. The maximum absolute atomic E-state index is 13.0. The number of H-pyrrole nitrogens is 1.